The van der Waals surface area contributed by atoms with Crippen molar-refractivity contribution in [1.82, 2.24) is 15.3 Å². The fourth-order valence-corrected chi connectivity index (χ4v) is 3.49. The van der Waals surface area contributed by atoms with E-state index in [0.717, 1.165) is 15.4 Å². The number of aliphatic hydroxyl groups excluding tert-OH is 1. The highest BCUT2D eigenvalue weighted by Crippen LogP contribution is 2.25. The quantitative estimate of drug-likeness (QED) is 0.692. The summed E-state index contributed by atoms with van der Waals surface area (Å²) < 4.78 is 0. The van der Waals surface area contributed by atoms with Crippen molar-refractivity contribution in [3.8, 4) is 10.6 Å². The number of hydrogen-bond acceptors (Lipinski definition) is 5. The summed E-state index contributed by atoms with van der Waals surface area (Å²) in [6.07, 6.45) is 5.47. The van der Waals surface area contributed by atoms with Gasteiger partial charge in [0.1, 0.15) is 5.01 Å². The number of benzene rings is 1. The van der Waals surface area contributed by atoms with Crippen LogP contribution < -0.4 is 5.32 Å². The first-order chi connectivity index (χ1) is 11.8. The van der Waals surface area contributed by atoms with Crippen molar-refractivity contribution in [2.75, 3.05) is 6.61 Å². The molecule has 2 aromatic heterocycles. The first kappa shape index (κ1) is 16.8. The number of hydrogen-bond donors (Lipinski definition) is 2. The van der Waals surface area contributed by atoms with Gasteiger partial charge in [-0.3, -0.25) is 4.98 Å². The average Bonchev–Trinajstić information content (AvgIpc) is 3.12. The highest BCUT2D eigenvalue weighted by Gasteiger charge is 2.18. The summed E-state index contributed by atoms with van der Waals surface area (Å²) in [5, 5.41) is 14.2. The van der Waals surface area contributed by atoms with Gasteiger partial charge in [-0.05, 0) is 23.6 Å². The Morgan fingerprint density at radius 2 is 1.96 bits per heavy atom. The molecule has 0 saturated carbocycles. The molecule has 3 rings (SSSR count). The van der Waals surface area contributed by atoms with Gasteiger partial charge < -0.3 is 10.4 Å². The van der Waals surface area contributed by atoms with Crippen LogP contribution in [0.2, 0.25) is 0 Å². The monoisotopic (exact) mass is 339 g/mol. The summed E-state index contributed by atoms with van der Waals surface area (Å²) in [7, 11) is 0. The summed E-state index contributed by atoms with van der Waals surface area (Å²) in [6, 6.07) is 14.2. The van der Waals surface area contributed by atoms with Crippen molar-refractivity contribution in [1.29, 1.82) is 0 Å². The average molecular weight is 339 g/mol. The van der Waals surface area contributed by atoms with Crippen LogP contribution in [0.25, 0.3) is 10.6 Å². The number of pyridine rings is 1. The number of aromatic nitrogens is 2. The molecule has 0 bridgehead atoms. The fourth-order valence-electron chi connectivity index (χ4n) is 2.63. The molecule has 124 valence electrons. The van der Waals surface area contributed by atoms with Crippen LogP contribution in [0.3, 0.4) is 0 Å². The van der Waals surface area contributed by atoms with Crippen LogP contribution in [-0.4, -0.2) is 27.7 Å². The normalized spacial score (nSPS) is 13.6. The third-order valence-corrected chi connectivity index (χ3v) is 5.17. The molecule has 24 heavy (non-hydrogen) atoms. The summed E-state index contributed by atoms with van der Waals surface area (Å²) in [5.41, 5.74) is 2.26. The Labute approximate surface area is 146 Å². The first-order valence-corrected chi connectivity index (χ1v) is 8.84. The Balaban J connectivity index is 1.63. The van der Waals surface area contributed by atoms with Crippen LogP contribution in [0.4, 0.5) is 0 Å². The number of nitrogens with zero attached hydrogens (tertiary/aromatic N) is 2. The third kappa shape index (κ3) is 4.06. The van der Waals surface area contributed by atoms with Gasteiger partial charge in [-0.2, -0.15) is 0 Å². The zero-order chi connectivity index (χ0) is 16.8. The lowest BCUT2D eigenvalue weighted by Crippen LogP contribution is -2.36. The predicted molar refractivity (Wildman–Crippen MR) is 97.9 cm³/mol. The number of nitrogens with one attached hydrogen (secondary N) is 1. The van der Waals surface area contributed by atoms with Crippen LogP contribution in [0, 0.1) is 0 Å². The number of aliphatic hydroxyl groups is 1. The molecule has 2 unspecified atom stereocenters. The molecule has 2 heterocycles. The Kier molecular flexibility index (Phi) is 5.69. The minimum Gasteiger partial charge on any atom is -0.395 e. The molecule has 0 radical (unpaired) electrons. The minimum atomic E-state index is 0.0105. The van der Waals surface area contributed by atoms with Gasteiger partial charge in [-0.25, -0.2) is 4.98 Å². The molecule has 5 heteroatoms. The van der Waals surface area contributed by atoms with Gasteiger partial charge in [0.2, 0.25) is 0 Å². The predicted octanol–water partition coefficient (Wildman–Crippen LogP) is 3.46. The lowest BCUT2D eigenvalue weighted by atomic mass is 9.94. The molecule has 0 fully saturated rings. The molecule has 0 amide bonds. The van der Waals surface area contributed by atoms with Gasteiger partial charge >= 0.3 is 0 Å². The van der Waals surface area contributed by atoms with E-state index in [1.54, 1.807) is 17.5 Å². The molecule has 0 aliphatic heterocycles. The Bertz CT molecular complexity index is 746. The standard InChI is InChI=1S/C19H21N3OS/c1-14(15-6-3-2-4-7-15)18(13-23)21-11-17-12-22-19(24-17)16-8-5-9-20-10-16/h2-10,12,14,18,21,23H,11,13H2,1H3. The third-order valence-electron chi connectivity index (χ3n) is 4.13. The van der Waals surface area contributed by atoms with Gasteiger partial charge in [0.05, 0.1) is 6.61 Å². The molecule has 0 spiro atoms. The van der Waals surface area contributed by atoms with E-state index >= 15 is 0 Å². The van der Waals surface area contributed by atoms with Crippen LogP contribution in [-0.2, 0) is 6.54 Å². The van der Waals surface area contributed by atoms with Gasteiger partial charge in [0.15, 0.2) is 0 Å². The van der Waals surface area contributed by atoms with E-state index in [4.69, 9.17) is 0 Å². The first-order valence-electron chi connectivity index (χ1n) is 8.02. The van der Waals surface area contributed by atoms with E-state index in [9.17, 15) is 5.11 Å². The van der Waals surface area contributed by atoms with E-state index in [1.165, 1.54) is 5.56 Å². The largest absolute Gasteiger partial charge is 0.395 e. The molecule has 1 aromatic carbocycles. The smallest absolute Gasteiger partial charge is 0.125 e. The zero-order valence-corrected chi connectivity index (χ0v) is 14.4. The second kappa shape index (κ2) is 8.15. The maximum Gasteiger partial charge on any atom is 0.125 e. The van der Waals surface area contributed by atoms with Crippen molar-refractivity contribution in [3.05, 3.63) is 71.5 Å². The van der Waals surface area contributed by atoms with E-state index in [2.05, 4.69) is 34.3 Å². The minimum absolute atomic E-state index is 0.0105. The second-order valence-corrected chi connectivity index (χ2v) is 6.86. The van der Waals surface area contributed by atoms with Gasteiger partial charge in [-0.1, -0.05) is 37.3 Å². The van der Waals surface area contributed by atoms with E-state index in [-0.39, 0.29) is 18.6 Å². The van der Waals surface area contributed by atoms with Gasteiger partial charge in [0.25, 0.3) is 0 Å². The SMILES string of the molecule is CC(c1ccccc1)C(CO)NCc1cnc(-c2cccnc2)s1. The summed E-state index contributed by atoms with van der Waals surface area (Å²) in [5.74, 6) is 0.238. The number of rotatable bonds is 7. The van der Waals surface area contributed by atoms with Gasteiger partial charge in [0, 0.05) is 41.6 Å². The molecular weight excluding hydrogens is 318 g/mol. The summed E-state index contributed by atoms with van der Waals surface area (Å²) >= 11 is 1.65. The van der Waals surface area contributed by atoms with Crippen molar-refractivity contribution < 1.29 is 5.11 Å². The Morgan fingerprint density at radius 3 is 2.67 bits per heavy atom. The van der Waals surface area contributed by atoms with Crippen molar-refractivity contribution in [3.63, 3.8) is 0 Å². The van der Waals surface area contributed by atoms with Gasteiger partial charge in [-0.15, -0.1) is 11.3 Å². The molecule has 4 nitrogen and oxygen atoms in total. The molecular formula is C19H21N3OS. The summed E-state index contributed by atoms with van der Waals surface area (Å²) in [4.78, 5) is 9.75. The highest BCUT2D eigenvalue weighted by molar-refractivity contribution is 7.15. The van der Waals surface area contributed by atoms with Crippen LogP contribution in [0.5, 0.6) is 0 Å². The maximum absolute atomic E-state index is 9.74. The van der Waals surface area contributed by atoms with E-state index < -0.39 is 0 Å². The van der Waals surface area contributed by atoms with Crippen molar-refractivity contribution in [2.45, 2.75) is 25.4 Å². The fraction of sp³-hybridized carbons (Fsp3) is 0.263. The van der Waals surface area contributed by atoms with E-state index in [0.29, 0.717) is 6.54 Å². The molecule has 0 saturated heterocycles. The molecule has 3 aromatic rings. The van der Waals surface area contributed by atoms with Crippen molar-refractivity contribution >= 4 is 11.3 Å². The number of thiazole rings is 1. The van der Waals surface area contributed by atoms with E-state index in [1.807, 2.05) is 42.7 Å². The second-order valence-electron chi connectivity index (χ2n) is 5.74. The summed E-state index contributed by atoms with van der Waals surface area (Å²) in [6.45, 7) is 2.93. The maximum atomic E-state index is 9.74. The molecule has 2 atom stereocenters. The molecule has 0 aliphatic rings. The van der Waals surface area contributed by atoms with Crippen molar-refractivity contribution in [2.24, 2.45) is 0 Å². The lowest BCUT2D eigenvalue weighted by Gasteiger charge is -2.23. The molecule has 2 N–H and O–H groups in total. The topological polar surface area (TPSA) is 58.0 Å². The van der Waals surface area contributed by atoms with Crippen LogP contribution in [0.15, 0.2) is 61.1 Å². The highest BCUT2D eigenvalue weighted by atomic mass is 32.1. The lowest BCUT2D eigenvalue weighted by molar-refractivity contribution is 0.226. The zero-order valence-electron chi connectivity index (χ0n) is 13.6. The van der Waals surface area contributed by atoms with Crippen LogP contribution >= 0.6 is 11.3 Å². The molecule has 0 aliphatic carbocycles. The Morgan fingerprint density at radius 1 is 1.12 bits per heavy atom. The van der Waals surface area contributed by atoms with Crippen LogP contribution in [0.1, 0.15) is 23.3 Å². The Hall–Kier alpha value is -2.08.